The van der Waals surface area contributed by atoms with E-state index in [1.807, 2.05) is 0 Å². The highest BCUT2D eigenvalue weighted by Crippen LogP contribution is 2.23. The average molecular weight is 368 g/mol. The molecule has 0 amide bonds. The number of hydrogen-bond acceptors (Lipinski definition) is 4. The number of rotatable bonds is 5. The number of carbonyl (C=O) groups is 2. The minimum Gasteiger partial charge on any atom is -0.619 e. The van der Waals surface area contributed by atoms with E-state index in [0.29, 0.717) is 27.4 Å². The van der Waals surface area contributed by atoms with Crippen LogP contribution in [0, 0.1) is 24.9 Å². The monoisotopic (exact) mass is 368 g/mol. The molecule has 0 N–H and O–H groups in total. The Morgan fingerprint density at radius 3 is 2.48 bits per heavy atom. The van der Waals surface area contributed by atoms with Crippen LogP contribution in [0.1, 0.15) is 32.1 Å². The summed E-state index contributed by atoms with van der Waals surface area (Å²) in [7, 11) is 0. The first-order valence-corrected chi connectivity index (χ1v) is 8.21. The molecule has 0 spiro atoms. The number of halogens is 1. The molecule has 3 rings (SSSR count). The summed E-state index contributed by atoms with van der Waals surface area (Å²) in [5, 5.41) is 11.0. The minimum absolute atomic E-state index is 0.173. The number of carbonyl (C=O) groups excluding carboxylic acids is 2. The van der Waals surface area contributed by atoms with Crippen molar-refractivity contribution in [2.24, 2.45) is 0 Å². The Balaban J connectivity index is 1.78. The Morgan fingerprint density at radius 2 is 1.81 bits per heavy atom. The van der Waals surface area contributed by atoms with E-state index < -0.39 is 24.2 Å². The fourth-order valence-corrected chi connectivity index (χ4v) is 2.89. The van der Waals surface area contributed by atoms with Gasteiger partial charge in [0.15, 0.2) is 19.0 Å². The molecule has 27 heavy (non-hydrogen) atoms. The number of ether oxygens (including phenoxy) is 1. The molecular formula is C20H17FN2O4. The SMILES string of the molecule is Cc1cc(C(=O)COC(=O)c2cc[n+]([O-])cc2)c(C)n1-c1ccccc1F. The molecule has 0 saturated heterocycles. The van der Waals surface area contributed by atoms with Gasteiger partial charge in [0.2, 0.25) is 5.78 Å². The van der Waals surface area contributed by atoms with Gasteiger partial charge in [-0.05, 0) is 32.0 Å². The number of Topliss-reactive ketones (excluding diaryl/α,β-unsaturated/α-hetero) is 1. The second kappa shape index (κ2) is 7.41. The van der Waals surface area contributed by atoms with Crippen LogP contribution in [0.25, 0.3) is 5.69 Å². The fourth-order valence-electron chi connectivity index (χ4n) is 2.89. The number of ketones is 1. The number of pyridine rings is 1. The molecule has 0 radical (unpaired) electrons. The van der Waals surface area contributed by atoms with E-state index in [1.54, 1.807) is 42.7 Å². The molecular weight excluding hydrogens is 351 g/mol. The normalized spacial score (nSPS) is 10.6. The van der Waals surface area contributed by atoms with Gasteiger partial charge in [-0.25, -0.2) is 9.18 Å². The molecule has 138 valence electrons. The quantitative estimate of drug-likeness (QED) is 0.300. The maximum Gasteiger partial charge on any atom is 0.339 e. The van der Waals surface area contributed by atoms with Gasteiger partial charge < -0.3 is 14.5 Å². The van der Waals surface area contributed by atoms with Crippen molar-refractivity contribution in [1.82, 2.24) is 4.57 Å². The molecule has 3 aromatic rings. The number of esters is 1. The van der Waals surface area contributed by atoms with Crippen LogP contribution in [0.15, 0.2) is 54.9 Å². The highest BCUT2D eigenvalue weighted by atomic mass is 19.1. The standard InChI is InChI=1S/C20H17FN2O4/c1-13-11-16(14(2)23(13)18-6-4-3-5-17(18)21)19(24)12-27-20(25)15-7-9-22(26)10-8-15/h3-11H,12H2,1-2H3. The first-order valence-electron chi connectivity index (χ1n) is 8.21. The van der Waals surface area contributed by atoms with Crippen molar-refractivity contribution >= 4 is 11.8 Å². The first kappa shape index (κ1) is 18.3. The molecule has 0 aliphatic rings. The van der Waals surface area contributed by atoms with E-state index in [4.69, 9.17) is 4.74 Å². The van der Waals surface area contributed by atoms with Crippen LogP contribution < -0.4 is 4.73 Å². The molecule has 6 nitrogen and oxygen atoms in total. The summed E-state index contributed by atoms with van der Waals surface area (Å²) < 4.78 is 21.3. The third kappa shape index (κ3) is 3.72. The van der Waals surface area contributed by atoms with Crippen molar-refractivity contribution in [1.29, 1.82) is 0 Å². The van der Waals surface area contributed by atoms with Gasteiger partial charge in [0.05, 0.1) is 11.3 Å². The number of hydrogen-bond donors (Lipinski definition) is 0. The summed E-state index contributed by atoms with van der Waals surface area (Å²) in [6.07, 6.45) is 2.33. The van der Waals surface area contributed by atoms with Crippen molar-refractivity contribution in [3.8, 4) is 5.69 Å². The van der Waals surface area contributed by atoms with Crippen LogP contribution >= 0.6 is 0 Å². The van der Waals surface area contributed by atoms with E-state index in [0.717, 1.165) is 0 Å². The van der Waals surface area contributed by atoms with Crippen LogP contribution in [-0.2, 0) is 4.74 Å². The Hall–Kier alpha value is -3.48. The lowest BCUT2D eigenvalue weighted by molar-refractivity contribution is -0.605. The number of nitrogens with zero attached hydrogens (tertiary/aromatic N) is 2. The highest BCUT2D eigenvalue weighted by molar-refractivity contribution is 6.00. The Morgan fingerprint density at radius 1 is 1.15 bits per heavy atom. The third-order valence-electron chi connectivity index (χ3n) is 4.20. The zero-order chi connectivity index (χ0) is 19.6. The van der Waals surface area contributed by atoms with Crippen LogP contribution in [0.2, 0.25) is 0 Å². The van der Waals surface area contributed by atoms with Crippen molar-refractivity contribution < 1.29 is 23.4 Å². The molecule has 0 unspecified atom stereocenters. The molecule has 0 fully saturated rings. The van der Waals surface area contributed by atoms with Gasteiger partial charge in [0.25, 0.3) is 0 Å². The van der Waals surface area contributed by atoms with Crippen molar-refractivity contribution in [3.05, 3.63) is 88.4 Å². The smallest absolute Gasteiger partial charge is 0.339 e. The van der Waals surface area contributed by atoms with E-state index in [9.17, 15) is 19.2 Å². The summed E-state index contributed by atoms with van der Waals surface area (Å²) >= 11 is 0. The molecule has 2 heterocycles. The summed E-state index contributed by atoms with van der Waals surface area (Å²) in [6.45, 7) is 3.02. The van der Waals surface area contributed by atoms with E-state index in [1.165, 1.54) is 30.6 Å². The lowest BCUT2D eigenvalue weighted by Crippen LogP contribution is -2.24. The fraction of sp³-hybridized carbons (Fsp3) is 0.150. The maximum atomic E-state index is 14.1. The number of aromatic nitrogens is 2. The molecule has 0 aliphatic heterocycles. The second-order valence-electron chi connectivity index (χ2n) is 6.02. The zero-order valence-corrected chi connectivity index (χ0v) is 14.8. The van der Waals surface area contributed by atoms with Gasteiger partial charge in [-0.3, -0.25) is 4.79 Å². The Kier molecular flexibility index (Phi) is 5.03. The van der Waals surface area contributed by atoms with Crippen LogP contribution in [0.3, 0.4) is 0 Å². The second-order valence-corrected chi connectivity index (χ2v) is 6.02. The van der Waals surface area contributed by atoms with Crippen molar-refractivity contribution in [2.45, 2.75) is 13.8 Å². The topological polar surface area (TPSA) is 75.2 Å². The summed E-state index contributed by atoms with van der Waals surface area (Å²) in [4.78, 5) is 24.5. The number of para-hydroxylation sites is 1. The lowest BCUT2D eigenvalue weighted by Gasteiger charge is -2.10. The molecule has 0 aliphatic carbocycles. The van der Waals surface area contributed by atoms with Crippen LogP contribution in [-0.4, -0.2) is 22.9 Å². The Bertz CT molecular complexity index is 1010. The van der Waals surface area contributed by atoms with Gasteiger partial charge in [-0.15, -0.1) is 0 Å². The van der Waals surface area contributed by atoms with E-state index >= 15 is 0 Å². The minimum atomic E-state index is -0.702. The maximum absolute atomic E-state index is 14.1. The number of benzene rings is 1. The van der Waals surface area contributed by atoms with E-state index in [2.05, 4.69) is 0 Å². The van der Waals surface area contributed by atoms with E-state index in [-0.39, 0.29) is 5.56 Å². The van der Waals surface area contributed by atoms with Gasteiger partial charge in [0, 0.05) is 29.1 Å². The van der Waals surface area contributed by atoms with Gasteiger partial charge in [0.1, 0.15) is 5.82 Å². The van der Waals surface area contributed by atoms with Crippen molar-refractivity contribution in [3.63, 3.8) is 0 Å². The summed E-state index contributed by atoms with van der Waals surface area (Å²) in [6, 6.07) is 10.5. The Labute approximate surface area is 155 Å². The first-order chi connectivity index (χ1) is 12.9. The third-order valence-corrected chi connectivity index (χ3v) is 4.20. The van der Waals surface area contributed by atoms with Crippen molar-refractivity contribution in [2.75, 3.05) is 6.61 Å². The van der Waals surface area contributed by atoms with Crippen LogP contribution in [0.4, 0.5) is 4.39 Å². The lowest BCUT2D eigenvalue weighted by atomic mass is 10.1. The summed E-state index contributed by atoms with van der Waals surface area (Å²) in [5.74, 6) is -1.50. The van der Waals surface area contributed by atoms with Gasteiger partial charge >= 0.3 is 5.97 Å². The summed E-state index contributed by atoms with van der Waals surface area (Å²) in [5.41, 5.74) is 2.13. The van der Waals surface area contributed by atoms with Gasteiger partial charge in [-0.1, -0.05) is 12.1 Å². The number of aryl methyl sites for hydroxylation is 1. The molecule has 1 aromatic carbocycles. The highest BCUT2D eigenvalue weighted by Gasteiger charge is 2.20. The molecule has 0 saturated carbocycles. The van der Waals surface area contributed by atoms with Gasteiger partial charge in [-0.2, -0.15) is 4.73 Å². The van der Waals surface area contributed by atoms with Crippen LogP contribution in [0.5, 0.6) is 0 Å². The largest absolute Gasteiger partial charge is 0.619 e. The average Bonchev–Trinajstić information content (AvgIpc) is 2.95. The predicted octanol–water partition coefficient (Wildman–Crippen LogP) is 2.91. The molecule has 7 heteroatoms. The predicted molar refractivity (Wildman–Crippen MR) is 95.2 cm³/mol. The molecule has 0 bridgehead atoms. The molecule has 2 aromatic heterocycles. The molecule has 0 atom stereocenters. The zero-order valence-electron chi connectivity index (χ0n) is 14.8.